The number of anilines is 1. The lowest BCUT2D eigenvalue weighted by Crippen LogP contribution is -2.02. The van der Waals surface area contributed by atoms with E-state index >= 15 is 0 Å². The fourth-order valence-corrected chi connectivity index (χ4v) is 1.39. The zero-order chi connectivity index (χ0) is 10.1. The van der Waals surface area contributed by atoms with Gasteiger partial charge in [0.25, 0.3) is 0 Å². The number of nitrogen functional groups attached to an aromatic ring is 1. The van der Waals surface area contributed by atoms with E-state index < -0.39 is 0 Å². The summed E-state index contributed by atoms with van der Waals surface area (Å²) in [6.45, 7) is 0. The zero-order valence-electron chi connectivity index (χ0n) is 7.70. The van der Waals surface area contributed by atoms with Crippen molar-refractivity contribution >= 4 is 16.6 Å². The molecule has 2 rings (SSSR count). The van der Waals surface area contributed by atoms with E-state index in [0.717, 1.165) is 5.52 Å². The van der Waals surface area contributed by atoms with Crippen molar-refractivity contribution in [3.63, 3.8) is 0 Å². The van der Waals surface area contributed by atoms with Crippen molar-refractivity contribution in [3.05, 3.63) is 34.6 Å². The molecule has 0 radical (unpaired) electrons. The molecule has 0 spiro atoms. The van der Waals surface area contributed by atoms with E-state index in [2.05, 4.69) is 4.98 Å². The number of aromatic amines is 1. The lowest BCUT2D eigenvalue weighted by atomic mass is 10.2. The molecule has 3 N–H and O–H groups in total. The average molecular weight is 190 g/mol. The molecule has 0 aliphatic rings. The van der Waals surface area contributed by atoms with E-state index in [1.54, 1.807) is 25.4 Å². The lowest BCUT2D eigenvalue weighted by Gasteiger charge is -2.05. The summed E-state index contributed by atoms with van der Waals surface area (Å²) in [7, 11) is 1.54. The van der Waals surface area contributed by atoms with Crippen LogP contribution >= 0.6 is 0 Å². The molecule has 2 aromatic rings. The number of rotatable bonds is 1. The number of ether oxygens (including phenoxy) is 1. The van der Waals surface area contributed by atoms with Crippen LogP contribution in [0.3, 0.4) is 0 Å². The summed E-state index contributed by atoms with van der Waals surface area (Å²) in [5.41, 5.74) is 6.83. The molecule has 0 bridgehead atoms. The molecule has 0 aliphatic heterocycles. The Bertz CT molecular complexity index is 531. The van der Waals surface area contributed by atoms with Gasteiger partial charge in [-0.1, -0.05) is 0 Å². The Morgan fingerprint density at radius 2 is 2.21 bits per heavy atom. The smallest absolute Gasteiger partial charge is 0.189 e. The van der Waals surface area contributed by atoms with Crippen LogP contribution in [-0.2, 0) is 0 Å². The van der Waals surface area contributed by atoms with E-state index in [4.69, 9.17) is 10.5 Å². The Labute approximate surface area is 80.3 Å². The Balaban J connectivity index is 2.86. The summed E-state index contributed by atoms with van der Waals surface area (Å²) in [6.07, 6.45) is 1.60. The molecule has 0 saturated heterocycles. The van der Waals surface area contributed by atoms with Crippen LogP contribution in [0.2, 0.25) is 0 Å². The maximum atomic E-state index is 11.4. The van der Waals surface area contributed by atoms with Crippen LogP contribution in [0, 0.1) is 0 Å². The van der Waals surface area contributed by atoms with E-state index in [9.17, 15) is 4.79 Å². The van der Waals surface area contributed by atoms with Crippen molar-refractivity contribution in [2.24, 2.45) is 0 Å². The van der Waals surface area contributed by atoms with Crippen LogP contribution < -0.4 is 15.9 Å². The first-order chi connectivity index (χ1) is 6.72. The highest BCUT2D eigenvalue weighted by Gasteiger charge is 2.03. The van der Waals surface area contributed by atoms with Crippen LogP contribution in [0.15, 0.2) is 29.2 Å². The molecule has 0 unspecified atom stereocenters. The van der Waals surface area contributed by atoms with Gasteiger partial charge in [0, 0.05) is 23.7 Å². The maximum Gasteiger partial charge on any atom is 0.189 e. The van der Waals surface area contributed by atoms with E-state index in [1.807, 2.05) is 0 Å². The number of hydrogen-bond acceptors (Lipinski definition) is 3. The Morgan fingerprint density at radius 3 is 2.93 bits per heavy atom. The van der Waals surface area contributed by atoms with Gasteiger partial charge >= 0.3 is 0 Å². The quantitative estimate of drug-likeness (QED) is 0.662. The highest BCUT2D eigenvalue weighted by atomic mass is 16.5. The van der Waals surface area contributed by atoms with E-state index in [0.29, 0.717) is 16.8 Å². The summed E-state index contributed by atoms with van der Waals surface area (Å²) in [6, 6.07) is 4.80. The predicted octanol–water partition coefficient (Wildman–Crippen LogP) is 1.12. The van der Waals surface area contributed by atoms with Crippen LogP contribution in [0.1, 0.15) is 0 Å². The summed E-state index contributed by atoms with van der Waals surface area (Å²) in [5.74, 6) is 0.569. The van der Waals surface area contributed by atoms with E-state index in [1.165, 1.54) is 6.07 Å². The Hall–Kier alpha value is -1.97. The first kappa shape index (κ1) is 8.62. The fraction of sp³-hybridized carbons (Fsp3) is 0.100. The molecule has 4 heteroatoms. The van der Waals surface area contributed by atoms with Crippen LogP contribution in [0.25, 0.3) is 10.9 Å². The second kappa shape index (κ2) is 3.06. The normalized spacial score (nSPS) is 10.4. The Kier molecular flexibility index (Phi) is 1.89. The molecule has 0 aliphatic carbocycles. The van der Waals surface area contributed by atoms with Gasteiger partial charge in [0.2, 0.25) is 0 Å². The Morgan fingerprint density at radius 1 is 1.43 bits per heavy atom. The third-order valence-corrected chi connectivity index (χ3v) is 2.11. The fourth-order valence-electron chi connectivity index (χ4n) is 1.39. The number of pyridine rings is 1. The molecule has 0 amide bonds. The second-order valence-corrected chi connectivity index (χ2v) is 2.98. The highest BCUT2D eigenvalue weighted by molar-refractivity contribution is 5.84. The van der Waals surface area contributed by atoms with Gasteiger partial charge in [0.1, 0.15) is 5.75 Å². The lowest BCUT2D eigenvalue weighted by molar-refractivity contribution is 0.417. The van der Waals surface area contributed by atoms with E-state index in [-0.39, 0.29) is 5.43 Å². The van der Waals surface area contributed by atoms with Gasteiger partial charge < -0.3 is 15.5 Å². The number of fused-ring (bicyclic) bond motifs is 1. The van der Waals surface area contributed by atoms with Crippen molar-refractivity contribution < 1.29 is 4.74 Å². The third-order valence-electron chi connectivity index (χ3n) is 2.11. The minimum absolute atomic E-state index is 0.0481. The maximum absolute atomic E-state index is 11.4. The number of nitrogens with one attached hydrogen (secondary N) is 1. The van der Waals surface area contributed by atoms with Crippen LogP contribution in [-0.4, -0.2) is 12.1 Å². The van der Waals surface area contributed by atoms with Gasteiger partial charge in [-0.05, 0) is 6.07 Å². The molecule has 1 aromatic heterocycles. The standard InChI is InChI=1S/C10H10N2O2/c1-14-10-5-8-6(4-7(10)11)9(13)2-3-12-8/h2-5H,11H2,1H3,(H,12,13). The minimum Gasteiger partial charge on any atom is -0.495 e. The van der Waals surface area contributed by atoms with Gasteiger partial charge in [-0.25, -0.2) is 0 Å². The molecule has 14 heavy (non-hydrogen) atoms. The molecular formula is C10H10N2O2. The number of methoxy groups -OCH3 is 1. The van der Waals surface area contributed by atoms with Crippen LogP contribution in [0.5, 0.6) is 5.75 Å². The van der Waals surface area contributed by atoms with Crippen LogP contribution in [0.4, 0.5) is 5.69 Å². The molecular weight excluding hydrogens is 180 g/mol. The van der Waals surface area contributed by atoms with Gasteiger partial charge in [-0.3, -0.25) is 4.79 Å². The second-order valence-electron chi connectivity index (χ2n) is 2.98. The molecule has 1 heterocycles. The van der Waals surface area contributed by atoms with Gasteiger partial charge in [0.05, 0.1) is 18.3 Å². The largest absolute Gasteiger partial charge is 0.495 e. The molecule has 0 atom stereocenters. The minimum atomic E-state index is -0.0481. The van der Waals surface area contributed by atoms with Crippen molar-refractivity contribution in [1.82, 2.24) is 4.98 Å². The number of nitrogens with two attached hydrogens (primary N) is 1. The van der Waals surface area contributed by atoms with Gasteiger partial charge in [0.15, 0.2) is 5.43 Å². The van der Waals surface area contributed by atoms with Gasteiger partial charge in [-0.15, -0.1) is 0 Å². The molecule has 72 valence electrons. The highest BCUT2D eigenvalue weighted by Crippen LogP contribution is 2.24. The summed E-state index contributed by atoms with van der Waals surface area (Å²) >= 11 is 0. The summed E-state index contributed by atoms with van der Waals surface area (Å²) < 4.78 is 5.05. The number of H-pyrrole nitrogens is 1. The topological polar surface area (TPSA) is 68.1 Å². The number of hydrogen-bond donors (Lipinski definition) is 2. The predicted molar refractivity (Wildman–Crippen MR) is 55.5 cm³/mol. The first-order valence-corrected chi connectivity index (χ1v) is 4.17. The summed E-state index contributed by atoms with van der Waals surface area (Å²) in [5, 5.41) is 0.575. The van der Waals surface area contributed by atoms with Crippen molar-refractivity contribution in [2.75, 3.05) is 12.8 Å². The van der Waals surface area contributed by atoms with Crippen molar-refractivity contribution in [3.8, 4) is 5.75 Å². The van der Waals surface area contributed by atoms with Crippen molar-refractivity contribution in [2.45, 2.75) is 0 Å². The third kappa shape index (κ3) is 1.21. The summed E-state index contributed by atoms with van der Waals surface area (Å²) in [4.78, 5) is 14.4. The first-order valence-electron chi connectivity index (χ1n) is 4.17. The molecule has 4 nitrogen and oxygen atoms in total. The van der Waals surface area contributed by atoms with Gasteiger partial charge in [-0.2, -0.15) is 0 Å². The molecule has 0 saturated carbocycles. The SMILES string of the molecule is COc1cc2[nH]ccc(=O)c2cc1N. The molecule has 1 aromatic carbocycles. The monoisotopic (exact) mass is 190 g/mol. The average Bonchev–Trinajstić information content (AvgIpc) is 2.19. The molecule has 0 fully saturated rings. The number of aromatic nitrogens is 1. The zero-order valence-corrected chi connectivity index (χ0v) is 7.70. The number of benzene rings is 1. The van der Waals surface area contributed by atoms with Crippen molar-refractivity contribution in [1.29, 1.82) is 0 Å².